The molecule has 1 aliphatic heterocycles. The molecule has 0 spiro atoms. The lowest BCUT2D eigenvalue weighted by molar-refractivity contribution is -0.127. The quantitative estimate of drug-likeness (QED) is 0.132. The van der Waals surface area contributed by atoms with Crippen molar-refractivity contribution in [2.75, 3.05) is 37.6 Å². The zero-order valence-electron chi connectivity index (χ0n) is 24.1. The summed E-state index contributed by atoms with van der Waals surface area (Å²) in [4.78, 5) is 35.8. The fraction of sp³-hybridized carbons (Fsp3) is 0.364. The summed E-state index contributed by atoms with van der Waals surface area (Å²) in [7, 11) is 0. The van der Waals surface area contributed by atoms with Crippen molar-refractivity contribution in [3.63, 3.8) is 0 Å². The number of aromatic hydroxyl groups is 1. The Morgan fingerprint density at radius 2 is 1.50 bits per heavy atom. The number of amides is 1. The van der Waals surface area contributed by atoms with Crippen molar-refractivity contribution in [1.29, 1.82) is 0 Å². The lowest BCUT2D eigenvalue weighted by Gasteiger charge is -2.40. The molecule has 0 aliphatic carbocycles. The molecule has 0 radical (unpaired) electrons. The molecule has 0 saturated carbocycles. The van der Waals surface area contributed by atoms with Crippen molar-refractivity contribution < 1.29 is 14.7 Å². The van der Waals surface area contributed by atoms with Gasteiger partial charge >= 0.3 is 0 Å². The second-order valence-corrected chi connectivity index (χ2v) is 10.7. The molecule has 1 fully saturated rings. The van der Waals surface area contributed by atoms with Crippen LogP contribution in [0.3, 0.4) is 0 Å². The molecule has 6 N–H and O–H groups in total. The number of guanidine groups is 1. The number of carbonyl (C=O) groups excluding carboxylic acids is 2. The number of hydrogen-bond donors (Lipinski definition) is 4. The third-order valence-electron chi connectivity index (χ3n) is 7.74. The molecular formula is C33H42N6O3. The lowest BCUT2D eigenvalue weighted by Crippen LogP contribution is -2.49. The monoisotopic (exact) mass is 570 g/mol. The molecule has 4 rings (SSSR count). The third kappa shape index (κ3) is 9.07. The number of hydrogen-bond acceptors (Lipinski definition) is 6. The van der Waals surface area contributed by atoms with Crippen molar-refractivity contribution in [1.82, 2.24) is 10.2 Å². The summed E-state index contributed by atoms with van der Waals surface area (Å²) < 4.78 is 0. The van der Waals surface area contributed by atoms with Gasteiger partial charge in [0.15, 0.2) is 11.7 Å². The number of phenols is 1. The first kappa shape index (κ1) is 30.6. The highest BCUT2D eigenvalue weighted by Gasteiger charge is 2.31. The van der Waals surface area contributed by atoms with Crippen LogP contribution < -0.4 is 21.7 Å². The van der Waals surface area contributed by atoms with E-state index < -0.39 is 0 Å². The summed E-state index contributed by atoms with van der Waals surface area (Å²) in [5.74, 6) is -0.137. The topological polar surface area (TPSA) is 137 Å². The molecule has 1 saturated heterocycles. The van der Waals surface area contributed by atoms with E-state index in [1.165, 1.54) is 5.69 Å². The molecule has 0 bridgehead atoms. The van der Waals surface area contributed by atoms with Crippen LogP contribution in [0.5, 0.6) is 5.75 Å². The number of Topliss-reactive ketones (excluding diaryl/α,β-unsaturated/α-hetero) is 1. The first-order valence-corrected chi connectivity index (χ1v) is 14.6. The normalized spacial score (nSPS) is 15.0. The maximum Gasteiger partial charge on any atom is 0.223 e. The molecule has 222 valence electrons. The van der Waals surface area contributed by atoms with E-state index in [9.17, 15) is 14.7 Å². The SMILES string of the molecule is NC(N)=NCCC[C@@H](CCC(=O)C(c1ccccc1)N1CCN(c2ccccc2)CC1)C(=O)NCc1ccc(O)cc1. The van der Waals surface area contributed by atoms with E-state index in [2.05, 4.69) is 32.2 Å². The molecule has 42 heavy (non-hydrogen) atoms. The molecule has 1 aliphatic rings. The van der Waals surface area contributed by atoms with Gasteiger partial charge in [-0.1, -0.05) is 60.7 Å². The number of nitrogens with one attached hydrogen (secondary N) is 1. The van der Waals surface area contributed by atoms with Gasteiger partial charge in [-0.05, 0) is 54.7 Å². The van der Waals surface area contributed by atoms with Gasteiger partial charge in [0, 0.05) is 57.3 Å². The van der Waals surface area contributed by atoms with Crippen LogP contribution in [0.2, 0.25) is 0 Å². The average molecular weight is 571 g/mol. The Morgan fingerprint density at radius 3 is 2.14 bits per heavy atom. The highest BCUT2D eigenvalue weighted by molar-refractivity contribution is 5.86. The Kier molecular flexibility index (Phi) is 11.3. The number of aliphatic imine (C=N–C) groups is 1. The predicted molar refractivity (Wildman–Crippen MR) is 167 cm³/mol. The number of ketones is 1. The number of benzene rings is 3. The number of piperazine rings is 1. The van der Waals surface area contributed by atoms with Gasteiger partial charge in [-0.15, -0.1) is 0 Å². The number of anilines is 1. The molecule has 2 atom stereocenters. The van der Waals surface area contributed by atoms with Crippen LogP contribution in [-0.2, 0) is 16.1 Å². The van der Waals surface area contributed by atoms with Crippen LogP contribution in [0.15, 0.2) is 89.9 Å². The minimum absolute atomic E-state index is 0.0246. The molecule has 3 aromatic rings. The molecular weight excluding hydrogens is 528 g/mol. The van der Waals surface area contributed by atoms with Gasteiger partial charge in [-0.2, -0.15) is 0 Å². The third-order valence-corrected chi connectivity index (χ3v) is 7.74. The second-order valence-electron chi connectivity index (χ2n) is 10.7. The van der Waals surface area contributed by atoms with Crippen LogP contribution in [0.25, 0.3) is 0 Å². The average Bonchev–Trinajstić information content (AvgIpc) is 3.01. The number of rotatable bonds is 14. The molecule has 1 heterocycles. The summed E-state index contributed by atoms with van der Waals surface area (Å²) in [5, 5.41) is 12.5. The van der Waals surface area contributed by atoms with E-state index in [1.54, 1.807) is 24.3 Å². The minimum atomic E-state index is -0.355. The van der Waals surface area contributed by atoms with Crippen LogP contribution in [-0.4, -0.2) is 60.4 Å². The van der Waals surface area contributed by atoms with Crippen molar-refractivity contribution >= 4 is 23.3 Å². The number of nitrogens with two attached hydrogens (primary N) is 2. The number of carbonyl (C=O) groups is 2. The van der Waals surface area contributed by atoms with Gasteiger partial charge in [-0.25, -0.2) is 0 Å². The van der Waals surface area contributed by atoms with Gasteiger partial charge in [-0.3, -0.25) is 19.5 Å². The van der Waals surface area contributed by atoms with Crippen molar-refractivity contribution in [2.45, 2.75) is 38.3 Å². The molecule has 1 amide bonds. The van der Waals surface area contributed by atoms with Crippen LogP contribution in [0.1, 0.15) is 42.9 Å². The molecule has 9 heteroatoms. The molecule has 0 aromatic heterocycles. The summed E-state index contributed by atoms with van der Waals surface area (Å²) in [6, 6.07) is 26.7. The van der Waals surface area contributed by atoms with Gasteiger partial charge in [0.2, 0.25) is 5.91 Å². The summed E-state index contributed by atoms with van der Waals surface area (Å²) in [6.45, 7) is 4.00. The largest absolute Gasteiger partial charge is 0.508 e. The van der Waals surface area contributed by atoms with E-state index in [0.717, 1.165) is 37.3 Å². The summed E-state index contributed by atoms with van der Waals surface area (Å²) in [6.07, 6.45) is 1.93. The Labute approximate surface area is 248 Å². The highest BCUT2D eigenvalue weighted by atomic mass is 16.3. The second kappa shape index (κ2) is 15.6. The fourth-order valence-corrected chi connectivity index (χ4v) is 5.47. The van der Waals surface area contributed by atoms with E-state index in [-0.39, 0.29) is 41.8 Å². The van der Waals surface area contributed by atoms with Crippen LogP contribution in [0.4, 0.5) is 5.69 Å². The van der Waals surface area contributed by atoms with E-state index in [0.29, 0.717) is 32.4 Å². The first-order valence-electron chi connectivity index (χ1n) is 14.6. The molecule has 9 nitrogen and oxygen atoms in total. The predicted octanol–water partition coefficient (Wildman–Crippen LogP) is 3.59. The van der Waals surface area contributed by atoms with Gasteiger partial charge in [0.25, 0.3) is 0 Å². The smallest absolute Gasteiger partial charge is 0.223 e. The number of phenolic OH excluding ortho intramolecular Hbond substituents is 1. The van der Waals surface area contributed by atoms with E-state index in [4.69, 9.17) is 11.5 Å². The molecule has 3 aromatic carbocycles. The zero-order chi connectivity index (χ0) is 29.7. The highest BCUT2D eigenvalue weighted by Crippen LogP contribution is 2.28. The van der Waals surface area contributed by atoms with Crippen LogP contribution in [0, 0.1) is 5.92 Å². The zero-order valence-corrected chi connectivity index (χ0v) is 24.1. The standard InChI is InChI=1S/C33H42N6O3/c34-33(35)36-19-7-10-27(32(42)37-24-25-13-16-29(40)17-14-25)15-18-30(41)31(26-8-3-1-4-9-26)39-22-20-38(21-23-39)28-11-5-2-6-12-28/h1-6,8-9,11-14,16-17,27,31,40H,7,10,15,18-24H2,(H,37,42)(H4,34,35,36)/t27-,31?/m0/s1. The Balaban J connectivity index is 1.41. The van der Waals surface area contributed by atoms with Crippen molar-refractivity contribution in [3.8, 4) is 5.75 Å². The lowest BCUT2D eigenvalue weighted by atomic mass is 9.91. The Bertz CT molecular complexity index is 1290. The Hall–Kier alpha value is -4.37. The van der Waals surface area contributed by atoms with Crippen molar-refractivity contribution in [3.05, 3.63) is 96.1 Å². The summed E-state index contributed by atoms with van der Waals surface area (Å²) in [5.41, 5.74) is 14.0. The maximum atomic E-state index is 13.9. The van der Waals surface area contributed by atoms with E-state index in [1.807, 2.05) is 48.5 Å². The summed E-state index contributed by atoms with van der Waals surface area (Å²) >= 11 is 0. The molecule has 1 unspecified atom stereocenters. The van der Waals surface area contributed by atoms with E-state index >= 15 is 0 Å². The first-order chi connectivity index (χ1) is 20.4. The maximum absolute atomic E-state index is 13.9. The minimum Gasteiger partial charge on any atom is -0.508 e. The Morgan fingerprint density at radius 1 is 0.857 bits per heavy atom. The van der Waals surface area contributed by atoms with Gasteiger partial charge in [0.1, 0.15) is 5.75 Å². The van der Waals surface area contributed by atoms with Gasteiger partial charge in [0.05, 0.1) is 6.04 Å². The van der Waals surface area contributed by atoms with Crippen LogP contribution >= 0.6 is 0 Å². The van der Waals surface area contributed by atoms with Gasteiger partial charge < -0.3 is 26.8 Å². The fourth-order valence-electron chi connectivity index (χ4n) is 5.47. The number of nitrogens with zero attached hydrogens (tertiary/aromatic N) is 3. The van der Waals surface area contributed by atoms with Crippen molar-refractivity contribution in [2.24, 2.45) is 22.4 Å². The number of para-hydroxylation sites is 1.